The van der Waals surface area contributed by atoms with Gasteiger partial charge in [-0.25, -0.2) is 0 Å². The number of aliphatic imine (C=N–C) groups is 1. The summed E-state index contributed by atoms with van der Waals surface area (Å²) in [5.74, 6) is 3.32. The highest BCUT2D eigenvalue weighted by molar-refractivity contribution is 8.00. The molecular weight excluding hydrogens is 328 g/mol. The number of fused-ring (bicyclic) bond motifs is 4. The van der Waals surface area contributed by atoms with Crippen molar-refractivity contribution in [3.63, 3.8) is 0 Å². The topological polar surface area (TPSA) is 33.6 Å². The summed E-state index contributed by atoms with van der Waals surface area (Å²) in [5, 5.41) is 5.03. The summed E-state index contributed by atoms with van der Waals surface area (Å²) in [7, 11) is 0. The van der Waals surface area contributed by atoms with E-state index < -0.39 is 6.85 Å². The molecule has 0 saturated carbocycles. The van der Waals surface area contributed by atoms with Crippen LogP contribution in [0.1, 0.15) is 63.3 Å². The summed E-state index contributed by atoms with van der Waals surface area (Å²) in [6.07, 6.45) is 8.07. The Morgan fingerprint density at radius 3 is 3.08 bits per heavy atom. The maximum Gasteiger partial charge on any atom is 0.192 e. The third kappa shape index (κ3) is 2.58. The zero-order chi connectivity index (χ0) is 19.6. The van der Waals surface area contributed by atoms with Gasteiger partial charge in [0.25, 0.3) is 0 Å². The van der Waals surface area contributed by atoms with E-state index in [1.807, 2.05) is 0 Å². The van der Waals surface area contributed by atoms with Crippen LogP contribution in [0.5, 0.6) is 0 Å². The third-order valence-electron chi connectivity index (χ3n) is 7.09. The van der Waals surface area contributed by atoms with Crippen LogP contribution in [0.2, 0.25) is 0 Å². The summed E-state index contributed by atoms with van der Waals surface area (Å²) in [5.41, 5.74) is 2.95. The number of nitrogens with one attached hydrogen (secondary N) is 1. The van der Waals surface area contributed by atoms with Crippen molar-refractivity contribution in [1.29, 1.82) is 0 Å². The molecule has 5 rings (SSSR count). The summed E-state index contributed by atoms with van der Waals surface area (Å²) in [4.78, 5) is 4.55. The number of thioether (sulfide) groups is 1. The lowest BCUT2D eigenvalue weighted by atomic mass is 9.77. The Kier molecular flexibility index (Phi) is 3.23. The molecule has 25 heavy (non-hydrogen) atoms. The van der Waals surface area contributed by atoms with E-state index in [1.165, 1.54) is 17.7 Å². The predicted octanol–water partition coefficient (Wildman–Crippen LogP) is 4.86. The minimum atomic E-state index is -2.09. The van der Waals surface area contributed by atoms with Gasteiger partial charge < -0.3 is 10.1 Å². The average Bonchev–Trinajstić information content (AvgIpc) is 3.17. The first kappa shape index (κ1) is 13.3. The SMILES string of the molecule is [2H]C([2H])([2H])C1=NC2OC3=C(C4=CCC5C(N4)S[C@H](C)[C@@H]5C)CCCC3C2CC1. The first-order chi connectivity index (χ1) is 13.3. The lowest BCUT2D eigenvalue weighted by molar-refractivity contribution is 0.129. The normalized spacial score (nSPS) is 47.9. The van der Waals surface area contributed by atoms with Gasteiger partial charge in [-0.1, -0.05) is 19.9 Å². The Hall–Kier alpha value is -0.900. The monoisotopic (exact) mass is 361 g/mol. The molecule has 5 unspecified atom stereocenters. The lowest BCUT2D eigenvalue weighted by Gasteiger charge is -2.32. The van der Waals surface area contributed by atoms with Gasteiger partial charge in [-0.05, 0) is 57.2 Å². The molecule has 4 heterocycles. The summed E-state index contributed by atoms with van der Waals surface area (Å²) in [6, 6.07) is 0. The van der Waals surface area contributed by atoms with E-state index >= 15 is 0 Å². The molecule has 0 spiro atoms. The molecule has 7 atom stereocenters. The zero-order valence-electron chi connectivity index (χ0n) is 18.1. The van der Waals surface area contributed by atoms with Crippen LogP contribution in [0, 0.1) is 23.7 Å². The highest BCUT2D eigenvalue weighted by Gasteiger charge is 2.47. The van der Waals surface area contributed by atoms with Crippen molar-refractivity contribution in [2.45, 2.75) is 76.1 Å². The van der Waals surface area contributed by atoms with E-state index in [0.29, 0.717) is 40.5 Å². The van der Waals surface area contributed by atoms with Crippen molar-refractivity contribution in [3.05, 3.63) is 23.1 Å². The van der Waals surface area contributed by atoms with Crippen molar-refractivity contribution < 1.29 is 8.85 Å². The molecule has 136 valence electrons. The number of allylic oxidation sites excluding steroid dienone is 3. The quantitative estimate of drug-likeness (QED) is 0.724. The molecule has 4 heteroatoms. The van der Waals surface area contributed by atoms with Crippen molar-refractivity contribution in [2.75, 3.05) is 0 Å². The highest BCUT2D eigenvalue weighted by atomic mass is 32.2. The minimum Gasteiger partial charge on any atom is -0.472 e. The van der Waals surface area contributed by atoms with Crippen LogP contribution in [0.25, 0.3) is 0 Å². The molecule has 4 aliphatic heterocycles. The van der Waals surface area contributed by atoms with Crippen LogP contribution >= 0.6 is 11.8 Å². The van der Waals surface area contributed by atoms with Crippen LogP contribution in [-0.2, 0) is 4.74 Å². The second-order valence-electron chi connectivity index (χ2n) is 8.41. The molecule has 0 aromatic carbocycles. The van der Waals surface area contributed by atoms with Crippen molar-refractivity contribution in [2.24, 2.45) is 28.7 Å². The van der Waals surface area contributed by atoms with E-state index in [-0.39, 0.29) is 6.23 Å². The van der Waals surface area contributed by atoms with Crippen molar-refractivity contribution >= 4 is 17.5 Å². The van der Waals surface area contributed by atoms with E-state index in [0.717, 1.165) is 37.4 Å². The van der Waals surface area contributed by atoms with Crippen LogP contribution in [-0.4, -0.2) is 22.6 Å². The molecule has 2 saturated heterocycles. The van der Waals surface area contributed by atoms with Gasteiger partial charge in [0, 0.05) is 38.2 Å². The van der Waals surface area contributed by atoms with Gasteiger partial charge in [-0.3, -0.25) is 4.99 Å². The van der Waals surface area contributed by atoms with Gasteiger partial charge in [-0.2, -0.15) is 0 Å². The largest absolute Gasteiger partial charge is 0.472 e. The van der Waals surface area contributed by atoms with Crippen LogP contribution in [0.15, 0.2) is 28.1 Å². The van der Waals surface area contributed by atoms with Gasteiger partial charge in [-0.15, -0.1) is 11.8 Å². The number of nitrogens with zero attached hydrogens (tertiary/aromatic N) is 1. The lowest BCUT2D eigenvalue weighted by Crippen LogP contribution is -2.36. The predicted molar refractivity (Wildman–Crippen MR) is 104 cm³/mol. The fraction of sp³-hybridized carbons (Fsp3) is 0.762. The van der Waals surface area contributed by atoms with Crippen LogP contribution < -0.4 is 5.32 Å². The average molecular weight is 362 g/mol. The fourth-order valence-corrected chi connectivity index (χ4v) is 7.12. The molecule has 1 N–H and O–H groups in total. The molecule has 2 fully saturated rings. The Labute approximate surface area is 160 Å². The first-order valence-electron chi connectivity index (χ1n) is 11.4. The van der Waals surface area contributed by atoms with E-state index in [1.54, 1.807) is 0 Å². The standard InChI is InChI=1S/C21H30N2OS/c1-11-7-8-16-15-5-4-6-17(19(15)24-20(16)22-11)18-10-9-14-12(2)13(3)25-21(14)23-18/h10,12-16,20-21,23H,4-9H2,1-3H3/t12-,13+,14?,15?,16?,20?,21?/m0/s1/i1D3. The Bertz CT molecular complexity index is 759. The molecule has 0 aromatic heterocycles. The molecule has 3 nitrogen and oxygen atoms in total. The van der Waals surface area contributed by atoms with Gasteiger partial charge in [0.1, 0.15) is 5.76 Å². The first-order valence-corrected chi connectivity index (χ1v) is 10.9. The minimum absolute atomic E-state index is 0.296. The maximum atomic E-state index is 7.69. The van der Waals surface area contributed by atoms with E-state index in [2.05, 4.69) is 42.0 Å². The fourth-order valence-electron chi connectivity index (χ4n) is 5.45. The second-order valence-corrected chi connectivity index (χ2v) is 9.93. The van der Waals surface area contributed by atoms with E-state index in [4.69, 9.17) is 8.85 Å². The number of ether oxygens (including phenoxy) is 1. The van der Waals surface area contributed by atoms with Gasteiger partial charge >= 0.3 is 0 Å². The highest BCUT2D eigenvalue weighted by Crippen LogP contribution is 2.51. The summed E-state index contributed by atoms with van der Waals surface area (Å²) >= 11 is 2.07. The van der Waals surface area contributed by atoms with Gasteiger partial charge in [0.15, 0.2) is 6.23 Å². The molecule has 0 aromatic rings. The summed E-state index contributed by atoms with van der Waals surface area (Å²) in [6.45, 7) is 2.64. The zero-order valence-corrected chi connectivity index (χ0v) is 15.9. The van der Waals surface area contributed by atoms with Crippen LogP contribution in [0.3, 0.4) is 0 Å². The van der Waals surface area contributed by atoms with Gasteiger partial charge in [0.05, 0.1) is 5.37 Å². The Balaban J connectivity index is 1.42. The van der Waals surface area contributed by atoms with Gasteiger partial charge in [0.2, 0.25) is 0 Å². The van der Waals surface area contributed by atoms with Crippen LogP contribution in [0.4, 0.5) is 0 Å². The van der Waals surface area contributed by atoms with E-state index in [9.17, 15) is 0 Å². The molecule has 0 bridgehead atoms. The Morgan fingerprint density at radius 2 is 2.20 bits per heavy atom. The molecule has 0 radical (unpaired) electrons. The molecule has 1 aliphatic carbocycles. The number of rotatable bonds is 1. The molecule has 0 amide bonds. The number of hydrogen-bond acceptors (Lipinski definition) is 4. The Morgan fingerprint density at radius 1 is 1.28 bits per heavy atom. The smallest absolute Gasteiger partial charge is 0.192 e. The van der Waals surface area contributed by atoms with Crippen molar-refractivity contribution in [3.8, 4) is 0 Å². The second kappa shape index (κ2) is 6.07. The summed E-state index contributed by atoms with van der Waals surface area (Å²) < 4.78 is 29.5. The number of hydrogen-bond donors (Lipinski definition) is 1. The maximum absolute atomic E-state index is 7.69. The molecular formula is C21H30N2OS. The molecule has 5 aliphatic rings. The third-order valence-corrected chi connectivity index (χ3v) is 8.71. The van der Waals surface area contributed by atoms with Crippen molar-refractivity contribution in [1.82, 2.24) is 5.32 Å².